The fraction of sp³-hybridized carbons (Fsp3) is 0.227. The number of aromatic nitrogens is 1. The van der Waals surface area contributed by atoms with Gasteiger partial charge in [0.1, 0.15) is 22.4 Å². The van der Waals surface area contributed by atoms with Crippen molar-refractivity contribution >= 4 is 34.7 Å². The highest BCUT2D eigenvalue weighted by molar-refractivity contribution is 6.33. The van der Waals surface area contributed by atoms with Crippen LogP contribution in [-0.4, -0.2) is 18.8 Å². The van der Waals surface area contributed by atoms with Gasteiger partial charge in [-0.3, -0.25) is 4.79 Å². The number of aryl methyl sites for hydroxylation is 2. The molecule has 0 atom stereocenters. The molecule has 0 fully saturated rings. The molecular weight excluding hydrogens is 430 g/mol. The molecule has 0 aliphatic heterocycles. The molecular formula is C22H21Cl2FN2O3. The van der Waals surface area contributed by atoms with Gasteiger partial charge in [-0.2, -0.15) is 0 Å². The molecule has 8 heteroatoms. The molecule has 1 heterocycles. The third kappa shape index (κ3) is 4.40. The van der Waals surface area contributed by atoms with Crippen LogP contribution in [0.3, 0.4) is 0 Å². The summed E-state index contributed by atoms with van der Waals surface area (Å²) in [4.78, 5) is 12.6. The maximum atomic E-state index is 13.5. The number of methoxy groups -OCH3 is 2. The standard InChI is InChI=1S/C22H21Cl2FN2O3/c1-12-8-18(29-3)13(2)7-17(12)26-22-20(24)21(28)19(30-4)11-27(22)10-14-5-6-16(25)15(23)9-14/h5-9,11,26H,10H2,1-4H3. The van der Waals surface area contributed by atoms with E-state index in [4.69, 9.17) is 32.7 Å². The number of benzene rings is 2. The predicted molar refractivity (Wildman–Crippen MR) is 119 cm³/mol. The van der Waals surface area contributed by atoms with Crippen molar-refractivity contribution in [1.82, 2.24) is 4.57 Å². The molecule has 2 aromatic carbocycles. The third-order valence-corrected chi connectivity index (χ3v) is 5.38. The molecule has 0 amide bonds. The van der Waals surface area contributed by atoms with Gasteiger partial charge in [0.05, 0.1) is 25.4 Å². The lowest BCUT2D eigenvalue weighted by atomic mass is 10.1. The first-order valence-corrected chi connectivity index (χ1v) is 9.83. The van der Waals surface area contributed by atoms with Crippen molar-refractivity contribution in [3.8, 4) is 11.5 Å². The highest BCUT2D eigenvalue weighted by atomic mass is 35.5. The van der Waals surface area contributed by atoms with Crippen LogP contribution in [0.2, 0.25) is 10.0 Å². The topological polar surface area (TPSA) is 52.5 Å². The zero-order chi connectivity index (χ0) is 22.0. The predicted octanol–water partition coefficient (Wildman–Crippen LogP) is 5.72. The summed E-state index contributed by atoms with van der Waals surface area (Å²) in [6.07, 6.45) is 1.56. The summed E-state index contributed by atoms with van der Waals surface area (Å²) >= 11 is 12.3. The van der Waals surface area contributed by atoms with Crippen molar-refractivity contribution in [2.24, 2.45) is 0 Å². The Balaban J connectivity index is 2.11. The van der Waals surface area contributed by atoms with Gasteiger partial charge in [-0.15, -0.1) is 0 Å². The van der Waals surface area contributed by atoms with E-state index in [9.17, 15) is 9.18 Å². The van der Waals surface area contributed by atoms with Gasteiger partial charge in [-0.05, 0) is 54.8 Å². The molecule has 3 aromatic rings. The molecule has 0 radical (unpaired) electrons. The Morgan fingerprint density at radius 2 is 1.73 bits per heavy atom. The minimum atomic E-state index is -0.501. The van der Waals surface area contributed by atoms with Crippen molar-refractivity contribution < 1.29 is 13.9 Å². The van der Waals surface area contributed by atoms with E-state index in [2.05, 4.69) is 5.32 Å². The molecule has 158 valence electrons. The minimum absolute atomic E-state index is 0.0164. The van der Waals surface area contributed by atoms with E-state index in [1.54, 1.807) is 23.9 Å². The van der Waals surface area contributed by atoms with Crippen LogP contribution in [0, 0.1) is 19.7 Å². The second-order valence-electron chi connectivity index (χ2n) is 6.83. The van der Waals surface area contributed by atoms with E-state index in [1.165, 1.54) is 19.2 Å². The van der Waals surface area contributed by atoms with Gasteiger partial charge >= 0.3 is 0 Å². The number of nitrogens with one attached hydrogen (secondary N) is 1. The first-order valence-electron chi connectivity index (χ1n) is 9.08. The first-order chi connectivity index (χ1) is 14.2. The van der Waals surface area contributed by atoms with Crippen LogP contribution in [0.1, 0.15) is 16.7 Å². The number of hydrogen-bond acceptors (Lipinski definition) is 4. The summed E-state index contributed by atoms with van der Waals surface area (Å²) in [5.41, 5.74) is 2.90. The molecule has 0 saturated carbocycles. The van der Waals surface area contributed by atoms with Crippen LogP contribution < -0.4 is 20.2 Å². The summed E-state index contributed by atoms with van der Waals surface area (Å²) in [5.74, 6) is 0.743. The summed E-state index contributed by atoms with van der Waals surface area (Å²) in [5, 5.41) is 3.25. The van der Waals surface area contributed by atoms with Crippen LogP contribution >= 0.6 is 23.2 Å². The van der Waals surface area contributed by atoms with Crippen molar-refractivity contribution in [3.63, 3.8) is 0 Å². The maximum Gasteiger partial charge on any atom is 0.244 e. The molecule has 0 saturated heterocycles. The number of ether oxygens (including phenoxy) is 2. The quantitative estimate of drug-likeness (QED) is 0.521. The van der Waals surface area contributed by atoms with Gasteiger partial charge in [-0.1, -0.05) is 29.3 Å². The molecule has 1 N–H and O–H groups in total. The maximum absolute atomic E-state index is 13.5. The zero-order valence-corrected chi connectivity index (χ0v) is 18.5. The van der Waals surface area contributed by atoms with E-state index in [0.717, 1.165) is 28.1 Å². The number of pyridine rings is 1. The number of hydrogen-bond donors (Lipinski definition) is 1. The smallest absolute Gasteiger partial charge is 0.244 e. The molecule has 0 bridgehead atoms. The highest BCUT2D eigenvalue weighted by Crippen LogP contribution is 2.31. The van der Waals surface area contributed by atoms with Gasteiger partial charge in [0.25, 0.3) is 0 Å². The van der Waals surface area contributed by atoms with E-state index in [1.807, 2.05) is 26.0 Å². The fourth-order valence-electron chi connectivity index (χ4n) is 3.11. The van der Waals surface area contributed by atoms with E-state index in [-0.39, 0.29) is 22.3 Å². The average molecular weight is 451 g/mol. The number of rotatable bonds is 6. The molecule has 1 aromatic heterocycles. The Labute approximate surface area is 184 Å². The lowest BCUT2D eigenvalue weighted by Crippen LogP contribution is -2.16. The number of anilines is 2. The highest BCUT2D eigenvalue weighted by Gasteiger charge is 2.17. The zero-order valence-electron chi connectivity index (χ0n) is 17.0. The fourth-order valence-corrected chi connectivity index (χ4v) is 3.56. The van der Waals surface area contributed by atoms with Gasteiger partial charge < -0.3 is 19.4 Å². The Morgan fingerprint density at radius 1 is 1.03 bits per heavy atom. The van der Waals surface area contributed by atoms with Crippen molar-refractivity contribution in [2.75, 3.05) is 19.5 Å². The Morgan fingerprint density at radius 3 is 2.37 bits per heavy atom. The van der Waals surface area contributed by atoms with Crippen molar-refractivity contribution in [1.29, 1.82) is 0 Å². The van der Waals surface area contributed by atoms with Gasteiger partial charge in [-0.25, -0.2) is 4.39 Å². The van der Waals surface area contributed by atoms with E-state index < -0.39 is 11.2 Å². The van der Waals surface area contributed by atoms with Crippen molar-refractivity contribution in [2.45, 2.75) is 20.4 Å². The molecule has 0 spiro atoms. The Kier molecular flexibility index (Phi) is 6.58. The molecule has 3 rings (SSSR count). The summed E-state index contributed by atoms with van der Waals surface area (Å²) in [7, 11) is 3.01. The number of halogens is 3. The van der Waals surface area contributed by atoms with Crippen molar-refractivity contribution in [3.05, 3.63) is 79.3 Å². The van der Waals surface area contributed by atoms with Gasteiger partial charge in [0.2, 0.25) is 5.43 Å². The lowest BCUT2D eigenvalue weighted by molar-refractivity contribution is 0.406. The van der Waals surface area contributed by atoms with Crippen LogP contribution in [0.5, 0.6) is 11.5 Å². The van der Waals surface area contributed by atoms with Crippen LogP contribution in [0.4, 0.5) is 15.9 Å². The molecule has 5 nitrogen and oxygen atoms in total. The second kappa shape index (κ2) is 8.98. The van der Waals surface area contributed by atoms with Gasteiger partial charge in [0, 0.05) is 12.2 Å². The van der Waals surface area contributed by atoms with Gasteiger partial charge in [0.15, 0.2) is 5.75 Å². The Bertz CT molecular complexity index is 1160. The summed E-state index contributed by atoms with van der Waals surface area (Å²) in [6.45, 7) is 4.13. The molecule has 30 heavy (non-hydrogen) atoms. The Hall–Kier alpha value is -2.70. The molecule has 0 aliphatic rings. The van der Waals surface area contributed by atoms with E-state index in [0.29, 0.717) is 5.82 Å². The average Bonchev–Trinajstić information content (AvgIpc) is 2.72. The summed E-state index contributed by atoms with van der Waals surface area (Å²) in [6, 6.07) is 8.26. The SMILES string of the molecule is COc1cc(C)c(Nc2c(Cl)c(=O)c(OC)cn2Cc2ccc(F)c(Cl)c2)cc1C. The second-order valence-corrected chi connectivity index (χ2v) is 7.61. The minimum Gasteiger partial charge on any atom is -0.496 e. The van der Waals surface area contributed by atoms with Crippen LogP contribution in [0.15, 0.2) is 41.3 Å². The number of nitrogens with zero attached hydrogens (tertiary/aromatic N) is 1. The van der Waals surface area contributed by atoms with E-state index >= 15 is 0 Å². The van der Waals surface area contributed by atoms with Crippen LogP contribution in [0.25, 0.3) is 0 Å². The van der Waals surface area contributed by atoms with Crippen LogP contribution in [-0.2, 0) is 6.54 Å². The lowest BCUT2D eigenvalue weighted by Gasteiger charge is -2.20. The molecule has 0 aliphatic carbocycles. The third-order valence-electron chi connectivity index (χ3n) is 4.74. The monoisotopic (exact) mass is 450 g/mol. The first kappa shape index (κ1) is 22.0. The normalized spacial score (nSPS) is 10.8. The molecule has 0 unspecified atom stereocenters. The summed E-state index contributed by atoms with van der Waals surface area (Å²) < 4.78 is 25.8. The largest absolute Gasteiger partial charge is 0.496 e.